The molecule has 0 bridgehead atoms. The molecule has 0 aliphatic heterocycles. The van der Waals surface area contributed by atoms with Gasteiger partial charge in [-0.25, -0.2) is 0 Å². The van der Waals surface area contributed by atoms with Crippen molar-refractivity contribution < 1.29 is 19.1 Å². The van der Waals surface area contributed by atoms with E-state index in [2.05, 4.69) is 5.32 Å². The molecule has 1 saturated carbocycles. The minimum atomic E-state index is -0.326. The van der Waals surface area contributed by atoms with Gasteiger partial charge in [0.2, 0.25) is 0 Å². The minimum absolute atomic E-state index is 0.123. The van der Waals surface area contributed by atoms with Crippen molar-refractivity contribution in [3.05, 3.63) is 53.5 Å². The van der Waals surface area contributed by atoms with Gasteiger partial charge in [0.05, 0.1) is 17.7 Å². The fourth-order valence-electron chi connectivity index (χ4n) is 2.92. The number of nitrogens with one attached hydrogen (secondary N) is 1. The van der Waals surface area contributed by atoms with Crippen LogP contribution in [0.2, 0.25) is 0 Å². The highest BCUT2D eigenvalue weighted by Crippen LogP contribution is 2.24. The molecule has 130 valence electrons. The molecule has 2 unspecified atom stereocenters. The van der Waals surface area contributed by atoms with Gasteiger partial charge in [0.15, 0.2) is 5.76 Å². The summed E-state index contributed by atoms with van der Waals surface area (Å²) >= 11 is 0. The molecule has 0 saturated heterocycles. The Morgan fingerprint density at radius 1 is 1.28 bits per heavy atom. The van der Waals surface area contributed by atoms with Gasteiger partial charge < -0.3 is 19.6 Å². The van der Waals surface area contributed by atoms with Crippen LogP contribution in [0.4, 0.5) is 0 Å². The average molecular weight is 340 g/mol. The highest BCUT2D eigenvalue weighted by Gasteiger charge is 2.25. The van der Waals surface area contributed by atoms with Crippen LogP contribution in [0.3, 0.4) is 0 Å². The summed E-state index contributed by atoms with van der Waals surface area (Å²) in [5.41, 5.74) is 0.566. The van der Waals surface area contributed by atoms with Gasteiger partial charge in [-0.2, -0.15) is 5.26 Å². The molecule has 1 aliphatic carbocycles. The van der Waals surface area contributed by atoms with E-state index in [1.54, 1.807) is 36.4 Å². The van der Waals surface area contributed by atoms with Crippen LogP contribution in [0.15, 0.2) is 40.8 Å². The van der Waals surface area contributed by atoms with E-state index in [9.17, 15) is 9.90 Å². The van der Waals surface area contributed by atoms with E-state index in [0.717, 1.165) is 19.3 Å². The predicted molar refractivity (Wildman–Crippen MR) is 89.9 cm³/mol. The van der Waals surface area contributed by atoms with Crippen LogP contribution in [0.1, 0.15) is 41.1 Å². The quantitative estimate of drug-likeness (QED) is 0.843. The second-order valence-electron chi connectivity index (χ2n) is 6.16. The number of aliphatic hydroxyl groups excluding tert-OH is 1. The third-order valence-corrected chi connectivity index (χ3v) is 4.39. The third-order valence-electron chi connectivity index (χ3n) is 4.39. The molecule has 1 aromatic carbocycles. The molecule has 6 nitrogen and oxygen atoms in total. The molecule has 6 heteroatoms. The van der Waals surface area contributed by atoms with Crippen LogP contribution in [-0.4, -0.2) is 23.7 Å². The number of furan rings is 1. The van der Waals surface area contributed by atoms with Crippen molar-refractivity contribution >= 4 is 5.91 Å². The van der Waals surface area contributed by atoms with Crippen molar-refractivity contribution in [3.63, 3.8) is 0 Å². The van der Waals surface area contributed by atoms with Crippen molar-refractivity contribution in [2.24, 2.45) is 5.92 Å². The normalized spacial score (nSPS) is 19.4. The first-order valence-corrected chi connectivity index (χ1v) is 8.33. The summed E-state index contributed by atoms with van der Waals surface area (Å²) in [6.45, 7) is 0.651. The summed E-state index contributed by atoms with van der Waals surface area (Å²) in [4.78, 5) is 12.1. The Morgan fingerprint density at radius 2 is 2.08 bits per heavy atom. The lowest BCUT2D eigenvalue weighted by Gasteiger charge is -2.14. The number of ether oxygens (including phenoxy) is 1. The van der Waals surface area contributed by atoms with E-state index in [0.29, 0.717) is 23.6 Å². The number of nitrogens with zero attached hydrogens (tertiary/aromatic N) is 1. The Bertz CT molecular complexity index is 760. The Balaban J connectivity index is 1.49. The first-order valence-electron chi connectivity index (χ1n) is 8.33. The summed E-state index contributed by atoms with van der Waals surface area (Å²) < 4.78 is 11.1. The predicted octanol–water partition coefficient (Wildman–Crippen LogP) is 2.62. The number of carbonyl (C=O) groups is 1. The van der Waals surface area contributed by atoms with Crippen molar-refractivity contribution in [2.45, 2.75) is 32.0 Å². The van der Waals surface area contributed by atoms with Crippen LogP contribution < -0.4 is 10.1 Å². The Labute approximate surface area is 146 Å². The molecule has 1 heterocycles. The summed E-state index contributed by atoms with van der Waals surface area (Å²) in [5.74, 6) is 1.22. The largest absolute Gasteiger partial charge is 0.486 e. The van der Waals surface area contributed by atoms with Gasteiger partial charge in [0, 0.05) is 12.5 Å². The number of aliphatic hydroxyl groups is 1. The van der Waals surface area contributed by atoms with Gasteiger partial charge in [-0.15, -0.1) is 0 Å². The average Bonchev–Trinajstić information content (AvgIpc) is 3.27. The lowest BCUT2D eigenvalue weighted by atomic mass is 10.1. The number of hydrogen-bond donors (Lipinski definition) is 2. The van der Waals surface area contributed by atoms with E-state index in [4.69, 9.17) is 14.4 Å². The van der Waals surface area contributed by atoms with Crippen LogP contribution in [-0.2, 0) is 6.61 Å². The van der Waals surface area contributed by atoms with E-state index < -0.39 is 0 Å². The Morgan fingerprint density at radius 3 is 2.76 bits per heavy atom. The maximum absolute atomic E-state index is 12.1. The highest BCUT2D eigenvalue weighted by atomic mass is 16.5. The maximum atomic E-state index is 12.1. The summed E-state index contributed by atoms with van der Waals surface area (Å²) in [5, 5.41) is 21.3. The number of benzene rings is 1. The van der Waals surface area contributed by atoms with E-state index >= 15 is 0 Å². The van der Waals surface area contributed by atoms with Crippen molar-refractivity contribution in [3.8, 4) is 11.8 Å². The molecule has 2 aromatic rings. The topological polar surface area (TPSA) is 95.5 Å². The monoisotopic (exact) mass is 340 g/mol. The lowest BCUT2D eigenvalue weighted by molar-refractivity contribution is 0.0886. The van der Waals surface area contributed by atoms with Crippen molar-refractivity contribution in [1.29, 1.82) is 5.26 Å². The van der Waals surface area contributed by atoms with Gasteiger partial charge in [-0.3, -0.25) is 4.79 Å². The van der Waals surface area contributed by atoms with Crippen LogP contribution in [0.25, 0.3) is 0 Å². The van der Waals surface area contributed by atoms with Crippen LogP contribution in [0, 0.1) is 17.2 Å². The zero-order valence-corrected chi connectivity index (χ0v) is 13.8. The molecule has 3 rings (SSSR count). The SMILES string of the molecule is N#Cc1ccc(OCc2ccc(C(=O)NCC3CCCC3O)o2)cc1. The second kappa shape index (κ2) is 7.86. The third kappa shape index (κ3) is 4.40. The highest BCUT2D eigenvalue weighted by molar-refractivity contribution is 5.91. The number of hydrogen-bond acceptors (Lipinski definition) is 5. The number of amides is 1. The van der Waals surface area contributed by atoms with Gasteiger partial charge in [-0.05, 0) is 49.2 Å². The number of rotatable bonds is 6. The van der Waals surface area contributed by atoms with E-state index in [1.165, 1.54) is 0 Å². The molecule has 0 spiro atoms. The van der Waals surface area contributed by atoms with Gasteiger partial charge >= 0.3 is 0 Å². The zero-order valence-electron chi connectivity index (χ0n) is 13.8. The minimum Gasteiger partial charge on any atom is -0.486 e. The molecule has 2 atom stereocenters. The molecule has 1 aromatic heterocycles. The molecule has 2 N–H and O–H groups in total. The fraction of sp³-hybridized carbons (Fsp3) is 0.368. The van der Waals surface area contributed by atoms with Crippen molar-refractivity contribution in [2.75, 3.05) is 6.54 Å². The smallest absolute Gasteiger partial charge is 0.287 e. The zero-order chi connectivity index (χ0) is 17.6. The first kappa shape index (κ1) is 17.1. The number of carbonyl (C=O) groups excluding carboxylic acids is 1. The molecule has 1 fully saturated rings. The molecular weight excluding hydrogens is 320 g/mol. The van der Waals surface area contributed by atoms with Crippen LogP contribution >= 0.6 is 0 Å². The van der Waals surface area contributed by atoms with E-state index in [-0.39, 0.29) is 30.3 Å². The molecule has 1 aliphatic rings. The van der Waals surface area contributed by atoms with Crippen molar-refractivity contribution in [1.82, 2.24) is 5.32 Å². The molecule has 1 amide bonds. The number of nitriles is 1. The fourth-order valence-corrected chi connectivity index (χ4v) is 2.92. The van der Waals surface area contributed by atoms with Gasteiger partial charge in [0.1, 0.15) is 18.1 Å². The van der Waals surface area contributed by atoms with Crippen LogP contribution in [0.5, 0.6) is 5.75 Å². The Hall–Kier alpha value is -2.78. The first-order chi connectivity index (χ1) is 12.2. The summed E-state index contributed by atoms with van der Waals surface area (Å²) in [6, 6.07) is 12.1. The summed E-state index contributed by atoms with van der Waals surface area (Å²) in [6.07, 6.45) is 2.41. The molecule has 0 radical (unpaired) electrons. The van der Waals surface area contributed by atoms with Gasteiger partial charge in [0.25, 0.3) is 5.91 Å². The van der Waals surface area contributed by atoms with E-state index in [1.807, 2.05) is 6.07 Å². The second-order valence-corrected chi connectivity index (χ2v) is 6.16. The maximum Gasteiger partial charge on any atom is 0.287 e. The Kier molecular flexibility index (Phi) is 5.36. The van der Waals surface area contributed by atoms with Gasteiger partial charge in [-0.1, -0.05) is 6.42 Å². The standard InChI is InChI=1S/C19H20N2O4/c20-10-13-4-6-15(7-5-13)24-12-16-8-9-18(25-16)19(23)21-11-14-2-1-3-17(14)22/h4-9,14,17,22H,1-3,11-12H2,(H,21,23). The molecular formula is C19H20N2O4. The summed E-state index contributed by atoms with van der Waals surface area (Å²) in [7, 11) is 0. The molecule has 25 heavy (non-hydrogen) atoms. The lowest BCUT2D eigenvalue weighted by Crippen LogP contribution is -2.32.